The number of fused-ring (bicyclic) bond motifs is 3. The predicted molar refractivity (Wildman–Crippen MR) is 156 cm³/mol. The highest BCUT2D eigenvalue weighted by molar-refractivity contribution is 6.32. The number of carbonyl (C=O) groups excluding carboxylic acids is 4. The fourth-order valence-electron chi connectivity index (χ4n) is 6.77. The number of phenolic OH excluding ortho intramolecular Hbond substituents is 2. The molecule has 1 heterocycles. The molecule has 0 saturated carbocycles. The van der Waals surface area contributed by atoms with Crippen molar-refractivity contribution < 1.29 is 58.2 Å². The van der Waals surface area contributed by atoms with Crippen LogP contribution >= 0.6 is 0 Å². The molecular formula is C32H37NO12. The van der Waals surface area contributed by atoms with Gasteiger partial charge in [-0.25, -0.2) is 0 Å². The summed E-state index contributed by atoms with van der Waals surface area (Å²) in [7, 11) is 6.17. The highest BCUT2D eigenvalue weighted by Crippen LogP contribution is 2.50. The van der Waals surface area contributed by atoms with E-state index < -0.39 is 82.2 Å². The van der Waals surface area contributed by atoms with Crippen LogP contribution in [0.4, 0.5) is 0 Å². The number of phenols is 2. The van der Waals surface area contributed by atoms with Crippen LogP contribution in [0, 0.1) is 0 Å². The maximum Gasteiger partial charge on any atom is 0.303 e. The number of likely N-dealkylation sites (N-methyl/N-ethyl adjacent to an activating group) is 1. The molecule has 2 aromatic rings. The van der Waals surface area contributed by atoms with E-state index in [0.717, 1.165) is 6.07 Å². The van der Waals surface area contributed by atoms with E-state index >= 15 is 0 Å². The molecule has 0 spiro atoms. The number of carbonyl (C=O) groups is 4. The number of nitrogens with zero attached hydrogens (tertiary/aromatic N) is 1. The van der Waals surface area contributed by atoms with Gasteiger partial charge < -0.3 is 43.9 Å². The molecule has 5 rings (SSSR count). The molecule has 1 fully saturated rings. The van der Waals surface area contributed by atoms with Crippen LogP contribution in [-0.4, -0.2) is 108 Å². The summed E-state index contributed by atoms with van der Waals surface area (Å²) in [6.07, 6.45) is -5.03. The average Bonchev–Trinajstić information content (AvgIpc) is 2.95. The summed E-state index contributed by atoms with van der Waals surface area (Å²) >= 11 is 0. The minimum atomic E-state index is -2.20. The second-order valence-corrected chi connectivity index (χ2v) is 12.3. The van der Waals surface area contributed by atoms with Crippen molar-refractivity contribution in [1.29, 1.82) is 0 Å². The molecule has 0 bridgehead atoms. The minimum absolute atomic E-state index is 0.0163. The normalized spacial score (nSPS) is 30.9. The van der Waals surface area contributed by atoms with Gasteiger partial charge in [0.2, 0.25) is 5.78 Å². The van der Waals surface area contributed by atoms with Gasteiger partial charge in [0, 0.05) is 37.1 Å². The van der Waals surface area contributed by atoms with Gasteiger partial charge in [-0.05, 0) is 53.1 Å². The van der Waals surface area contributed by atoms with Gasteiger partial charge in [0.15, 0.2) is 23.5 Å². The first-order valence-corrected chi connectivity index (χ1v) is 14.4. The van der Waals surface area contributed by atoms with E-state index in [-0.39, 0.29) is 40.0 Å². The number of Topliss-reactive ketones (excluding diaryl/α,β-unsaturated/α-hetero) is 1. The first-order valence-electron chi connectivity index (χ1n) is 14.4. The van der Waals surface area contributed by atoms with E-state index in [1.807, 2.05) is 25.9 Å². The highest BCUT2D eigenvalue weighted by Gasteiger charge is 2.56. The maximum atomic E-state index is 13.8. The van der Waals surface area contributed by atoms with E-state index in [9.17, 15) is 34.5 Å². The third-order valence-corrected chi connectivity index (χ3v) is 9.30. The molecule has 7 unspecified atom stereocenters. The molecule has 2 aliphatic carbocycles. The lowest BCUT2D eigenvalue weighted by atomic mass is 9.72. The van der Waals surface area contributed by atoms with Crippen molar-refractivity contribution in [2.75, 3.05) is 28.3 Å². The van der Waals surface area contributed by atoms with Crippen molar-refractivity contribution in [2.45, 2.75) is 76.0 Å². The molecule has 0 aromatic heterocycles. The summed E-state index contributed by atoms with van der Waals surface area (Å²) in [4.78, 5) is 55.1. The summed E-state index contributed by atoms with van der Waals surface area (Å²) in [6, 6.07) is 3.66. The first-order chi connectivity index (χ1) is 21.0. The number of aliphatic hydroxyl groups is 1. The molecule has 13 nitrogen and oxygen atoms in total. The van der Waals surface area contributed by atoms with Crippen LogP contribution in [0.3, 0.4) is 0 Å². The number of ether oxygens (including phenoxy) is 5. The Kier molecular flexibility index (Phi) is 8.07. The van der Waals surface area contributed by atoms with Gasteiger partial charge in [-0.3, -0.25) is 19.2 Å². The Hall–Kier alpha value is -3.88. The number of hydrogen-bond acceptors (Lipinski definition) is 13. The second kappa shape index (κ2) is 11.2. The quantitative estimate of drug-likeness (QED) is 0.339. The molecular weight excluding hydrogens is 590 g/mol. The number of rotatable bonds is 6. The molecule has 1 aliphatic heterocycles. The first kappa shape index (κ1) is 32.5. The summed E-state index contributed by atoms with van der Waals surface area (Å²) < 4.78 is 29.0. The molecule has 3 aliphatic rings. The van der Waals surface area contributed by atoms with E-state index in [0.29, 0.717) is 0 Å². The van der Waals surface area contributed by atoms with Gasteiger partial charge >= 0.3 is 5.97 Å². The Morgan fingerprint density at radius 1 is 1.00 bits per heavy atom. The zero-order chi connectivity index (χ0) is 33.3. The van der Waals surface area contributed by atoms with Crippen LogP contribution < -0.4 is 4.74 Å². The lowest BCUT2D eigenvalue weighted by Crippen LogP contribution is -2.63. The van der Waals surface area contributed by atoms with Gasteiger partial charge in [-0.15, -0.1) is 0 Å². The molecule has 1 saturated heterocycles. The zero-order valence-corrected chi connectivity index (χ0v) is 26.3. The van der Waals surface area contributed by atoms with Crippen molar-refractivity contribution in [1.82, 2.24) is 4.90 Å². The van der Waals surface area contributed by atoms with Crippen molar-refractivity contribution in [3.63, 3.8) is 0 Å². The van der Waals surface area contributed by atoms with Crippen molar-refractivity contribution in [2.24, 2.45) is 0 Å². The highest BCUT2D eigenvalue weighted by atomic mass is 16.7. The monoisotopic (exact) mass is 627 g/mol. The number of ketones is 3. The average molecular weight is 628 g/mol. The Morgan fingerprint density at radius 2 is 1.67 bits per heavy atom. The van der Waals surface area contributed by atoms with E-state index in [1.165, 1.54) is 40.2 Å². The fourth-order valence-corrected chi connectivity index (χ4v) is 6.77. The molecule has 13 heteroatoms. The molecule has 0 amide bonds. The summed E-state index contributed by atoms with van der Waals surface area (Å²) in [6.45, 7) is 6.11. The predicted octanol–water partition coefficient (Wildman–Crippen LogP) is 2.29. The lowest BCUT2D eigenvalue weighted by Gasteiger charge is -2.51. The van der Waals surface area contributed by atoms with Crippen LogP contribution in [0.15, 0.2) is 18.2 Å². The second-order valence-electron chi connectivity index (χ2n) is 12.3. The number of methoxy groups -OCH3 is 2. The zero-order valence-electron chi connectivity index (χ0n) is 26.3. The summed E-state index contributed by atoms with van der Waals surface area (Å²) in [5, 5.41) is 33.8. The van der Waals surface area contributed by atoms with Crippen molar-refractivity contribution >= 4 is 23.3 Å². The maximum absolute atomic E-state index is 13.8. The van der Waals surface area contributed by atoms with Crippen LogP contribution in [0.2, 0.25) is 0 Å². The van der Waals surface area contributed by atoms with E-state index in [4.69, 9.17) is 23.7 Å². The minimum Gasteiger partial charge on any atom is -0.507 e. The third-order valence-electron chi connectivity index (χ3n) is 9.30. The van der Waals surface area contributed by atoms with E-state index in [1.54, 1.807) is 6.92 Å². The third kappa shape index (κ3) is 4.81. The molecule has 0 radical (unpaired) electrons. The molecule has 7 atom stereocenters. The number of aromatic hydroxyl groups is 2. The number of esters is 1. The van der Waals surface area contributed by atoms with Gasteiger partial charge in [0.05, 0.1) is 35.4 Å². The smallest absolute Gasteiger partial charge is 0.303 e. The Morgan fingerprint density at radius 3 is 2.24 bits per heavy atom. The Balaban J connectivity index is 1.66. The van der Waals surface area contributed by atoms with Gasteiger partial charge in [-0.1, -0.05) is 0 Å². The standard InChI is InChI=1S/C32H37NO12/c1-13-29(44-14(2)34)31(3,33(5)6)12-19(43-13)45-27-21-16(28(39)32(4,40)30(27)42-8)11-15-20(25(21)37)26(38)22-17(35)9-10-18(41-7)23(22)24(15)36/h9-11,13,19,27,29-30,35,37,40H,12H2,1-8H3. The van der Waals surface area contributed by atoms with Crippen LogP contribution in [-0.2, 0) is 23.7 Å². The number of hydrogen-bond donors (Lipinski definition) is 3. The summed E-state index contributed by atoms with van der Waals surface area (Å²) in [5.41, 5.74) is -4.77. The molecule has 45 heavy (non-hydrogen) atoms. The van der Waals surface area contributed by atoms with Crippen LogP contribution in [0.1, 0.15) is 88.0 Å². The van der Waals surface area contributed by atoms with Crippen LogP contribution in [0.5, 0.6) is 17.2 Å². The van der Waals surface area contributed by atoms with Gasteiger partial charge in [0.1, 0.15) is 35.6 Å². The van der Waals surface area contributed by atoms with Crippen LogP contribution in [0.25, 0.3) is 0 Å². The summed E-state index contributed by atoms with van der Waals surface area (Å²) in [5.74, 6) is -4.22. The van der Waals surface area contributed by atoms with Crippen molar-refractivity contribution in [3.8, 4) is 17.2 Å². The topological polar surface area (TPSA) is 178 Å². The lowest BCUT2D eigenvalue weighted by molar-refractivity contribution is -0.287. The number of benzene rings is 2. The Labute approximate surface area is 259 Å². The van der Waals surface area contributed by atoms with Gasteiger partial charge in [0.25, 0.3) is 0 Å². The largest absolute Gasteiger partial charge is 0.507 e. The van der Waals surface area contributed by atoms with E-state index in [2.05, 4.69) is 0 Å². The van der Waals surface area contributed by atoms with Crippen molar-refractivity contribution in [3.05, 3.63) is 51.6 Å². The fraction of sp³-hybridized carbons (Fsp3) is 0.500. The molecule has 3 N–H and O–H groups in total. The Bertz CT molecular complexity index is 1610. The molecule has 2 aromatic carbocycles. The SMILES string of the molecule is COc1ccc(O)c2c1C(=O)c1cc3c(c(O)c1C2=O)C(OC1CC(C)(N(C)C)C(OC(C)=O)C(C)O1)C(OC)C(C)(O)C3=O. The van der Waals surface area contributed by atoms with Gasteiger partial charge in [-0.2, -0.15) is 0 Å². The molecule has 242 valence electrons.